The fourth-order valence-electron chi connectivity index (χ4n) is 4.19. The number of halogens is 1. The van der Waals surface area contributed by atoms with Gasteiger partial charge in [-0.2, -0.15) is 0 Å². The van der Waals surface area contributed by atoms with Crippen molar-refractivity contribution in [3.63, 3.8) is 0 Å². The van der Waals surface area contributed by atoms with Crippen molar-refractivity contribution >= 4 is 35.2 Å². The minimum absolute atomic E-state index is 0.0793. The molecule has 2 aromatic rings. The van der Waals surface area contributed by atoms with E-state index < -0.39 is 35.6 Å². The molecule has 39 heavy (non-hydrogen) atoms. The number of carbonyl (C=O) groups is 3. The van der Waals surface area contributed by atoms with Gasteiger partial charge < -0.3 is 20.3 Å². The minimum Gasteiger partial charge on any atom is -0.444 e. The summed E-state index contributed by atoms with van der Waals surface area (Å²) in [6.45, 7) is 18.9. The van der Waals surface area contributed by atoms with E-state index in [4.69, 9.17) is 16.3 Å². The van der Waals surface area contributed by atoms with Crippen LogP contribution in [-0.2, 0) is 14.3 Å². The van der Waals surface area contributed by atoms with Crippen molar-refractivity contribution in [2.45, 2.75) is 79.5 Å². The van der Waals surface area contributed by atoms with E-state index in [0.717, 1.165) is 16.7 Å². The molecule has 0 spiro atoms. The second kappa shape index (κ2) is 13.7. The molecule has 2 rings (SSSR count). The summed E-state index contributed by atoms with van der Waals surface area (Å²) in [6, 6.07) is 9.10. The zero-order valence-corrected chi connectivity index (χ0v) is 25.1. The Morgan fingerprint density at radius 3 is 2.26 bits per heavy atom. The van der Waals surface area contributed by atoms with Crippen LogP contribution in [0.2, 0.25) is 5.02 Å². The van der Waals surface area contributed by atoms with Crippen LogP contribution in [0.25, 0.3) is 0 Å². The lowest BCUT2D eigenvalue weighted by molar-refractivity contribution is -0.140. The van der Waals surface area contributed by atoms with E-state index in [2.05, 4.69) is 17.2 Å². The van der Waals surface area contributed by atoms with Crippen molar-refractivity contribution in [2.24, 2.45) is 5.92 Å². The highest BCUT2D eigenvalue weighted by molar-refractivity contribution is 6.34. The van der Waals surface area contributed by atoms with Gasteiger partial charge in [0.25, 0.3) is 5.91 Å². The summed E-state index contributed by atoms with van der Waals surface area (Å²) in [5.41, 5.74) is 3.22. The molecule has 0 aliphatic heterocycles. The number of amides is 3. The van der Waals surface area contributed by atoms with Crippen LogP contribution in [-0.4, -0.2) is 41.0 Å². The molecule has 212 valence electrons. The summed E-state index contributed by atoms with van der Waals surface area (Å²) in [5.74, 6) is -0.756. The number of alkyl carbamates (subject to hydrolysis) is 1. The molecule has 2 atom stereocenters. The molecule has 3 amide bonds. The van der Waals surface area contributed by atoms with E-state index in [0.29, 0.717) is 22.7 Å². The lowest BCUT2D eigenvalue weighted by Gasteiger charge is -2.34. The number of benzene rings is 2. The number of aryl methyl sites for hydroxylation is 3. The Labute approximate surface area is 237 Å². The number of nitrogens with one attached hydrogen (secondary N) is 2. The Morgan fingerprint density at radius 1 is 1.05 bits per heavy atom. The molecular formula is C31H42ClN3O4. The van der Waals surface area contributed by atoms with E-state index in [1.165, 1.54) is 4.90 Å². The van der Waals surface area contributed by atoms with Gasteiger partial charge in [0.05, 0.1) is 10.7 Å². The zero-order chi connectivity index (χ0) is 29.5. The maximum atomic E-state index is 14.1. The van der Waals surface area contributed by atoms with Gasteiger partial charge in [0.1, 0.15) is 17.7 Å². The molecule has 0 aromatic heterocycles. The summed E-state index contributed by atoms with van der Waals surface area (Å²) in [7, 11) is 0. The first kappa shape index (κ1) is 31.9. The second-order valence-corrected chi connectivity index (χ2v) is 11.7. The Balaban J connectivity index is 2.59. The lowest BCUT2D eigenvalue weighted by Crippen LogP contribution is -2.52. The third-order valence-electron chi connectivity index (χ3n) is 6.18. The highest BCUT2D eigenvalue weighted by atomic mass is 35.5. The highest BCUT2D eigenvalue weighted by Gasteiger charge is 2.36. The van der Waals surface area contributed by atoms with Crippen LogP contribution >= 0.6 is 11.6 Å². The average molecular weight is 556 g/mol. The standard InChI is InChI=1S/C31H42ClN3O4/c1-10-16-35(29(37)25(17-19(2)3)33-30(38)39-31(7,8)9)27(23-15-14-20(4)22(6)18-23)28(36)34-26-21(5)12-11-13-24(26)32/h10-15,18-19,25,27H,1,16-17H2,2-9H3,(H,33,38)(H,34,36). The first-order valence-corrected chi connectivity index (χ1v) is 13.6. The van der Waals surface area contributed by atoms with Gasteiger partial charge in [0, 0.05) is 6.54 Å². The van der Waals surface area contributed by atoms with E-state index >= 15 is 0 Å². The largest absolute Gasteiger partial charge is 0.444 e. The molecule has 8 heteroatoms. The number of hydrogen-bond donors (Lipinski definition) is 2. The summed E-state index contributed by atoms with van der Waals surface area (Å²) in [6.07, 6.45) is 1.23. The number of rotatable bonds is 10. The Hall–Kier alpha value is -3.32. The molecule has 7 nitrogen and oxygen atoms in total. The Kier molecular flexibility index (Phi) is 11.2. The number of nitrogens with zero attached hydrogens (tertiary/aromatic N) is 1. The van der Waals surface area contributed by atoms with E-state index in [1.54, 1.807) is 39.0 Å². The predicted molar refractivity (Wildman–Crippen MR) is 158 cm³/mol. The Morgan fingerprint density at radius 2 is 1.72 bits per heavy atom. The van der Waals surface area contributed by atoms with Crippen molar-refractivity contribution in [1.29, 1.82) is 0 Å². The molecule has 0 heterocycles. The van der Waals surface area contributed by atoms with Gasteiger partial charge in [-0.25, -0.2) is 4.79 Å². The fraction of sp³-hybridized carbons (Fsp3) is 0.452. The van der Waals surface area contributed by atoms with Crippen molar-refractivity contribution in [3.8, 4) is 0 Å². The van der Waals surface area contributed by atoms with Gasteiger partial charge >= 0.3 is 6.09 Å². The van der Waals surface area contributed by atoms with Crippen molar-refractivity contribution in [2.75, 3.05) is 11.9 Å². The van der Waals surface area contributed by atoms with Crippen molar-refractivity contribution in [1.82, 2.24) is 10.2 Å². The maximum absolute atomic E-state index is 14.1. The monoisotopic (exact) mass is 555 g/mol. The lowest BCUT2D eigenvalue weighted by atomic mass is 9.96. The number of ether oxygens (including phenoxy) is 1. The van der Waals surface area contributed by atoms with Crippen LogP contribution in [0.5, 0.6) is 0 Å². The SMILES string of the molecule is C=CCN(C(=O)C(CC(C)C)NC(=O)OC(C)(C)C)C(C(=O)Nc1c(C)cccc1Cl)c1ccc(C)c(C)c1. The summed E-state index contributed by atoms with van der Waals surface area (Å²) >= 11 is 6.42. The van der Waals surface area contributed by atoms with Crippen molar-refractivity contribution < 1.29 is 19.1 Å². The van der Waals surface area contributed by atoms with Gasteiger partial charge in [0.15, 0.2) is 0 Å². The molecular weight excluding hydrogens is 514 g/mol. The van der Waals surface area contributed by atoms with E-state index in [-0.39, 0.29) is 12.5 Å². The van der Waals surface area contributed by atoms with Crippen LogP contribution < -0.4 is 10.6 Å². The fourth-order valence-corrected chi connectivity index (χ4v) is 4.46. The number of para-hydroxylation sites is 1. The van der Waals surface area contributed by atoms with Gasteiger partial charge in [-0.3, -0.25) is 9.59 Å². The third-order valence-corrected chi connectivity index (χ3v) is 6.50. The number of carbonyl (C=O) groups excluding carboxylic acids is 3. The van der Waals surface area contributed by atoms with Gasteiger partial charge in [-0.15, -0.1) is 6.58 Å². The van der Waals surface area contributed by atoms with Gasteiger partial charge in [-0.1, -0.05) is 61.9 Å². The molecule has 0 saturated carbocycles. The molecule has 2 unspecified atom stereocenters. The van der Waals surface area contributed by atoms with Crippen molar-refractivity contribution in [3.05, 3.63) is 76.3 Å². The maximum Gasteiger partial charge on any atom is 0.408 e. The van der Waals surface area contributed by atoms with Crippen LogP contribution in [0, 0.1) is 26.7 Å². The van der Waals surface area contributed by atoms with Crippen LogP contribution in [0.15, 0.2) is 49.1 Å². The summed E-state index contributed by atoms with van der Waals surface area (Å²) in [5, 5.41) is 6.08. The van der Waals surface area contributed by atoms with E-state index in [1.807, 2.05) is 58.9 Å². The topological polar surface area (TPSA) is 87.7 Å². The first-order chi connectivity index (χ1) is 18.1. The molecule has 0 aliphatic carbocycles. The van der Waals surface area contributed by atoms with Crippen LogP contribution in [0.1, 0.15) is 69.3 Å². The smallest absolute Gasteiger partial charge is 0.408 e. The van der Waals surface area contributed by atoms with Crippen LogP contribution in [0.3, 0.4) is 0 Å². The number of hydrogen-bond acceptors (Lipinski definition) is 4. The normalized spacial score (nSPS) is 12.9. The van der Waals surface area contributed by atoms with Crippen LogP contribution in [0.4, 0.5) is 10.5 Å². The molecule has 2 aromatic carbocycles. The summed E-state index contributed by atoms with van der Waals surface area (Å²) in [4.78, 5) is 42.2. The number of anilines is 1. The molecule has 0 radical (unpaired) electrons. The predicted octanol–water partition coefficient (Wildman–Crippen LogP) is 6.90. The molecule has 0 saturated heterocycles. The van der Waals surface area contributed by atoms with Gasteiger partial charge in [0.2, 0.25) is 5.91 Å². The second-order valence-electron chi connectivity index (χ2n) is 11.3. The quantitative estimate of drug-likeness (QED) is 0.312. The first-order valence-electron chi connectivity index (χ1n) is 13.2. The van der Waals surface area contributed by atoms with Gasteiger partial charge in [-0.05, 0) is 82.2 Å². The Bertz CT molecular complexity index is 1180. The molecule has 0 fully saturated rings. The third kappa shape index (κ3) is 9.13. The zero-order valence-electron chi connectivity index (χ0n) is 24.4. The van der Waals surface area contributed by atoms with E-state index in [9.17, 15) is 14.4 Å². The molecule has 0 aliphatic rings. The molecule has 2 N–H and O–H groups in total. The minimum atomic E-state index is -1.01. The highest BCUT2D eigenvalue weighted by Crippen LogP contribution is 2.30. The molecule has 0 bridgehead atoms. The average Bonchev–Trinajstić information content (AvgIpc) is 2.81. The summed E-state index contributed by atoms with van der Waals surface area (Å²) < 4.78 is 5.43.